The maximum absolute atomic E-state index is 13.6. The second-order valence-corrected chi connectivity index (χ2v) is 8.63. The van der Waals surface area contributed by atoms with Crippen LogP contribution in [0.4, 0.5) is 5.69 Å². The third-order valence-corrected chi connectivity index (χ3v) is 6.68. The number of fused-ring (bicyclic) bond motifs is 4. The zero-order valence-electron chi connectivity index (χ0n) is 18.0. The quantitative estimate of drug-likeness (QED) is 0.454. The van der Waals surface area contributed by atoms with E-state index >= 15 is 0 Å². The summed E-state index contributed by atoms with van der Waals surface area (Å²) in [5.41, 5.74) is 3.37. The number of H-pyrrole nitrogens is 1. The maximum atomic E-state index is 13.6. The molecule has 172 valence electrons. The minimum absolute atomic E-state index is 0.0486. The number of benzene rings is 2. The Balaban J connectivity index is 1.49. The molecule has 2 aromatic heterocycles. The molecule has 6 rings (SSSR count). The zero-order valence-corrected chi connectivity index (χ0v) is 18.0. The number of hydrogen-bond donors (Lipinski definition) is 2. The van der Waals surface area contributed by atoms with E-state index in [9.17, 15) is 20.0 Å². The summed E-state index contributed by atoms with van der Waals surface area (Å²) in [5, 5.41) is 21.8. The minimum atomic E-state index is -0.700. The van der Waals surface area contributed by atoms with Crippen molar-refractivity contribution in [1.29, 1.82) is 0 Å². The summed E-state index contributed by atoms with van der Waals surface area (Å²) < 4.78 is 5.40. The molecule has 1 saturated heterocycles. The smallest absolute Gasteiger partial charge is 0.246 e. The molecule has 2 N–H and O–H groups in total. The third-order valence-electron chi connectivity index (χ3n) is 6.68. The fourth-order valence-corrected chi connectivity index (χ4v) is 5.21. The highest BCUT2D eigenvalue weighted by atomic mass is 16.8. The molecule has 2 amide bonds. The molecule has 0 radical (unpaired) electrons. The molecule has 4 heterocycles. The van der Waals surface area contributed by atoms with Gasteiger partial charge in [-0.2, -0.15) is 0 Å². The van der Waals surface area contributed by atoms with Crippen molar-refractivity contribution in [2.45, 2.75) is 25.0 Å². The Kier molecular flexibility index (Phi) is 4.68. The molecule has 2 atom stereocenters. The van der Waals surface area contributed by atoms with E-state index < -0.39 is 12.1 Å². The highest BCUT2D eigenvalue weighted by Gasteiger charge is 2.48. The van der Waals surface area contributed by atoms with E-state index in [2.05, 4.69) is 4.98 Å². The summed E-state index contributed by atoms with van der Waals surface area (Å²) in [6.07, 6.45) is 1.92. The Bertz CT molecular complexity index is 1390. The minimum Gasteiger partial charge on any atom is -0.733 e. The van der Waals surface area contributed by atoms with Crippen molar-refractivity contribution in [2.24, 2.45) is 0 Å². The van der Waals surface area contributed by atoms with Crippen molar-refractivity contribution < 1.29 is 19.2 Å². The van der Waals surface area contributed by atoms with Crippen molar-refractivity contribution in [3.05, 3.63) is 94.7 Å². The normalized spacial score (nSPS) is 19.9. The van der Waals surface area contributed by atoms with Crippen LogP contribution in [0.5, 0.6) is 0 Å². The molecule has 2 aliphatic rings. The van der Waals surface area contributed by atoms with Gasteiger partial charge in [0.25, 0.3) is 0 Å². The molecular weight excluding hydrogens is 436 g/mol. The van der Waals surface area contributed by atoms with Gasteiger partial charge >= 0.3 is 0 Å². The van der Waals surface area contributed by atoms with Crippen molar-refractivity contribution in [1.82, 2.24) is 14.8 Å². The van der Waals surface area contributed by atoms with Crippen LogP contribution in [-0.2, 0) is 22.6 Å². The lowest BCUT2D eigenvalue weighted by atomic mass is 9.86. The predicted molar refractivity (Wildman–Crippen MR) is 123 cm³/mol. The molecule has 9 heteroatoms. The van der Waals surface area contributed by atoms with Gasteiger partial charge in [-0.1, -0.05) is 30.3 Å². The third kappa shape index (κ3) is 3.17. The Labute approximate surface area is 194 Å². The first kappa shape index (κ1) is 20.5. The molecule has 0 saturated carbocycles. The van der Waals surface area contributed by atoms with E-state index in [1.807, 2.05) is 24.3 Å². The molecule has 2 aliphatic heterocycles. The molecule has 0 spiro atoms. The number of aromatic amines is 1. The number of carbonyl (C=O) groups is 2. The van der Waals surface area contributed by atoms with Crippen LogP contribution in [0.3, 0.4) is 0 Å². The van der Waals surface area contributed by atoms with Gasteiger partial charge in [-0.25, -0.2) is 0 Å². The number of aromatic nitrogens is 1. The van der Waals surface area contributed by atoms with E-state index in [1.54, 1.807) is 41.5 Å². The van der Waals surface area contributed by atoms with Crippen LogP contribution in [0, 0.1) is 5.21 Å². The van der Waals surface area contributed by atoms with E-state index in [0.29, 0.717) is 17.7 Å². The van der Waals surface area contributed by atoms with Crippen molar-refractivity contribution in [3.63, 3.8) is 0 Å². The SMILES string of the molecule is O=C1C2Cc3c([nH]c4ccccc34)C(c3cccc(N([O-])O)c3)N2C(=O)CN1Cc1ccco1. The monoisotopic (exact) mass is 457 g/mol. The van der Waals surface area contributed by atoms with Crippen LogP contribution in [0.1, 0.15) is 28.6 Å². The predicted octanol–water partition coefficient (Wildman–Crippen LogP) is 3.34. The fourth-order valence-electron chi connectivity index (χ4n) is 5.21. The second-order valence-electron chi connectivity index (χ2n) is 8.63. The largest absolute Gasteiger partial charge is 0.733 e. The number of furan rings is 1. The maximum Gasteiger partial charge on any atom is 0.246 e. The van der Waals surface area contributed by atoms with Gasteiger partial charge in [-0.15, -0.1) is 0 Å². The van der Waals surface area contributed by atoms with Crippen LogP contribution in [0.2, 0.25) is 0 Å². The molecule has 1 fully saturated rings. The molecule has 2 aromatic carbocycles. The standard InChI is InChI=1S/C25H21N4O5/c30-22-14-27(13-17-7-4-10-34-17)25(31)21-12-19-18-8-1-2-9-20(18)26-23(19)24(28(21)22)15-5-3-6-16(11-15)29(32)33/h1-11,21,24,26,32H,12-14H2/q-1. The molecule has 9 nitrogen and oxygen atoms in total. The summed E-state index contributed by atoms with van der Waals surface area (Å²) >= 11 is 0. The lowest BCUT2D eigenvalue weighted by Gasteiger charge is -2.47. The molecular formula is C25H21N4O5-. The van der Waals surface area contributed by atoms with Gasteiger partial charge in [-0.3, -0.25) is 14.8 Å². The Morgan fingerprint density at radius 1 is 1.12 bits per heavy atom. The number of piperazine rings is 1. The number of nitrogens with zero attached hydrogens (tertiary/aromatic N) is 3. The van der Waals surface area contributed by atoms with Crippen molar-refractivity contribution >= 4 is 28.4 Å². The average Bonchev–Trinajstić information content (AvgIpc) is 3.48. The number of nitrogens with one attached hydrogen (secondary N) is 1. The summed E-state index contributed by atoms with van der Waals surface area (Å²) in [6.45, 7) is 0.147. The van der Waals surface area contributed by atoms with Crippen molar-refractivity contribution in [3.8, 4) is 0 Å². The first-order valence-corrected chi connectivity index (χ1v) is 11.0. The fraction of sp³-hybridized carbons (Fsp3) is 0.200. The van der Waals surface area contributed by atoms with Gasteiger partial charge in [0.05, 0.1) is 24.5 Å². The second kappa shape index (κ2) is 7.75. The van der Waals surface area contributed by atoms with Gasteiger partial charge in [0.1, 0.15) is 18.3 Å². The summed E-state index contributed by atoms with van der Waals surface area (Å²) in [4.78, 5) is 33.7. The van der Waals surface area contributed by atoms with E-state index in [-0.39, 0.29) is 35.8 Å². The van der Waals surface area contributed by atoms with Gasteiger partial charge in [0.15, 0.2) is 0 Å². The molecule has 4 aromatic rings. The average molecular weight is 457 g/mol. The van der Waals surface area contributed by atoms with Crippen LogP contribution in [0.25, 0.3) is 10.9 Å². The molecule has 34 heavy (non-hydrogen) atoms. The van der Waals surface area contributed by atoms with Gasteiger partial charge < -0.3 is 29.6 Å². The summed E-state index contributed by atoms with van der Waals surface area (Å²) in [7, 11) is 0. The number of rotatable bonds is 4. The lowest BCUT2D eigenvalue weighted by Crippen LogP contribution is -2.62. The number of hydrogen-bond acceptors (Lipinski definition) is 6. The van der Waals surface area contributed by atoms with Crippen LogP contribution in [-0.4, -0.2) is 44.4 Å². The number of carbonyl (C=O) groups excluding carboxylic acids is 2. The van der Waals surface area contributed by atoms with Crippen LogP contribution in [0.15, 0.2) is 71.3 Å². The van der Waals surface area contributed by atoms with Gasteiger partial charge in [-0.05, 0) is 41.5 Å². The Morgan fingerprint density at radius 3 is 2.76 bits per heavy atom. The lowest BCUT2D eigenvalue weighted by molar-refractivity contribution is -0.159. The zero-order chi connectivity index (χ0) is 23.4. The molecule has 0 aliphatic carbocycles. The van der Waals surface area contributed by atoms with E-state index in [1.165, 1.54) is 11.0 Å². The topological polar surface area (TPSA) is 116 Å². The first-order chi connectivity index (χ1) is 16.5. The molecule has 2 unspecified atom stereocenters. The van der Waals surface area contributed by atoms with E-state index in [0.717, 1.165) is 22.2 Å². The van der Waals surface area contributed by atoms with Crippen LogP contribution >= 0.6 is 0 Å². The van der Waals surface area contributed by atoms with Gasteiger partial charge in [0.2, 0.25) is 11.8 Å². The number of anilines is 1. The van der Waals surface area contributed by atoms with Gasteiger partial charge in [0, 0.05) is 23.0 Å². The Morgan fingerprint density at radius 2 is 1.97 bits per heavy atom. The Hall–Kier alpha value is -4.08. The van der Waals surface area contributed by atoms with Crippen LogP contribution < -0.4 is 5.23 Å². The highest BCUT2D eigenvalue weighted by molar-refractivity contribution is 5.97. The number of amides is 2. The summed E-state index contributed by atoms with van der Waals surface area (Å²) in [5.74, 6) is 0.264. The first-order valence-electron chi connectivity index (χ1n) is 11.0. The molecule has 0 bridgehead atoms. The highest BCUT2D eigenvalue weighted by Crippen LogP contribution is 2.43. The number of para-hydroxylation sites is 1. The van der Waals surface area contributed by atoms with Crippen molar-refractivity contribution in [2.75, 3.05) is 11.8 Å². The summed E-state index contributed by atoms with van der Waals surface area (Å²) in [6, 6.07) is 16.5. The van der Waals surface area contributed by atoms with E-state index in [4.69, 9.17) is 4.42 Å².